The SMILES string of the molecule is CCC(C#N)S(=O)(=O)N1CCCCC1CCO. The minimum atomic E-state index is -3.53. The zero-order valence-electron chi connectivity index (χ0n) is 10.2. The Kier molecular flexibility index (Phi) is 5.37. The summed E-state index contributed by atoms with van der Waals surface area (Å²) < 4.78 is 25.9. The molecule has 98 valence electrons. The van der Waals surface area contributed by atoms with Crippen molar-refractivity contribution in [2.24, 2.45) is 0 Å². The Morgan fingerprint density at radius 2 is 2.24 bits per heavy atom. The van der Waals surface area contributed by atoms with Crippen LogP contribution in [0.5, 0.6) is 0 Å². The van der Waals surface area contributed by atoms with E-state index in [1.54, 1.807) is 6.92 Å². The van der Waals surface area contributed by atoms with Crippen LogP contribution >= 0.6 is 0 Å². The molecular formula is C11H20N2O3S. The maximum atomic E-state index is 12.3. The molecule has 2 unspecified atom stereocenters. The third-order valence-electron chi connectivity index (χ3n) is 3.24. The monoisotopic (exact) mass is 260 g/mol. The van der Waals surface area contributed by atoms with E-state index in [1.807, 2.05) is 6.07 Å². The van der Waals surface area contributed by atoms with E-state index in [4.69, 9.17) is 10.4 Å². The Labute approximate surface area is 103 Å². The summed E-state index contributed by atoms with van der Waals surface area (Å²) in [7, 11) is -3.53. The van der Waals surface area contributed by atoms with Crippen LogP contribution in [-0.2, 0) is 10.0 Å². The predicted molar refractivity (Wildman–Crippen MR) is 64.7 cm³/mol. The molecule has 1 saturated heterocycles. The molecule has 0 aromatic rings. The molecule has 0 radical (unpaired) electrons. The summed E-state index contributed by atoms with van der Waals surface area (Å²) in [6.07, 6.45) is 3.37. The molecule has 1 aliphatic rings. The van der Waals surface area contributed by atoms with Crippen molar-refractivity contribution in [3.05, 3.63) is 0 Å². The standard InChI is InChI=1S/C11H20N2O3S/c1-2-11(9-12)17(15,16)13-7-4-3-5-10(13)6-8-14/h10-11,14H,2-8H2,1H3. The van der Waals surface area contributed by atoms with E-state index in [0.29, 0.717) is 19.4 Å². The van der Waals surface area contributed by atoms with Gasteiger partial charge in [0.25, 0.3) is 0 Å². The van der Waals surface area contributed by atoms with Crippen molar-refractivity contribution in [3.8, 4) is 6.07 Å². The van der Waals surface area contributed by atoms with E-state index in [2.05, 4.69) is 0 Å². The number of hydrogen-bond acceptors (Lipinski definition) is 4. The van der Waals surface area contributed by atoms with Crippen LogP contribution in [0.15, 0.2) is 0 Å². The average molecular weight is 260 g/mol. The van der Waals surface area contributed by atoms with Crippen molar-refractivity contribution in [3.63, 3.8) is 0 Å². The number of nitriles is 1. The minimum Gasteiger partial charge on any atom is -0.396 e. The Bertz CT molecular complexity index is 373. The van der Waals surface area contributed by atoms with Gasteiger partial charge >= 0.3 is 0 Å². The molecule has 0 aromatic carbocycles. The van der Waals surface area contributed by atoms with Crippen molar-refractivity contribution >= 4 is 10.0 Å². The normalized spacial score (nSPS) is 24.2. The number of aliphatic hydroxyl groups excluding tert-OH is 1. The largest absolute Gasteiger partial charge is 0.396 e. The molecule has 6 heteroatoms. The molecule has 1 aliphatic heterocycles. The molecule has 0 saturated carbocycles. The van der Waals surface area contributed by atoms with Crippen LogP contribution in [0.25, 0.3) is 0 Å². The molecule has 5 nitrogen and oxygen atoms in total. The Morgan fingerprint density at radius 1 is 1.53 bits per heavy atom. The lowest BCUT2D eigenvalue weighted by molar-refractivity contribution is 0.192. The van der Waals surface area contributed by atoms with Crippen molar-refractivity contribution < 1.29 is 13.5 Å². The van der Waals surface area contributed by atoms with E-state index in [9.17, 15) is 8.42 Å². The van der Waals surface area contributed by atoms with E-state index in [1.165, 1.54) is 4.31 Å². The Balaban J connectivity index is 2.91. The molecule has 1 fully saturated rings. The summed E-state index contributed by atoms with van der Waals surface area (Å²) in [4.78, 5) is 0. The number of sulfonamides is 1. The van der Waals surface area contributed by atoms with Gasteiger partial charge in [0.15, 0.2) is 5.25 Å². The van der Waals surface area contributed by atoms with Crippen molar-refractivity contribution in [1.29, 1.82) is 5.26 Å². The fourth-order valence-electron chi connectivity index (χ4n) is 2.28. The van der Waals surface area contributed by atoms with Gasteiger partial charge in [0.2, 0.25) is 10.0 Å². The van der Waals surface area contributed by atoms with Crippen LogP contribution < -0.4 is 0 Å². The highest BCUT2D eigenvalue weighted by atomic mass is 32.2. The van der Waals surface area contributed by atoms with Crippen molar-refractivity contribution in [1.82, 2.24) is 4.31 Å². The number of rotatable bonds is 5. The van der Waals surface area contributed by atoms with Gasteiger partial charge in [0.1, 0.15) is 0 Å². The Hall–Kier alpha value is -0.640. The quantitative estimate of drug-likeness (QED) is 0.794. The molecular weight excluding hydrogens is 240 g/mol. The molecule has 1 rings (SSSR count). The van der Waals surface area contributed by atoms with Crippen molar-refractivity contribution in [2.45, 2.75) is 50.3 Å². The molecule has 0 aromatic heterocycles. The van der Waals surface area contributed by atoms with Crippen LogP contribution in [0.3, 0.4) is 0 Å². The highest BCUT2D eigenvalue weighted by Crippen LogP contribution is 2.25. The van der Waals surface area contributed by atoms with Crippen LogP contribution in [-0.4, -0.2) is 42.3 Å². The van der Waals surface area contributed by atoms with Crippen LogP contribution in [0, 0.1) is 11.3 Å². The highest BCUT2D eigenvalue weighted by molar-refractivity contribution is 7.90. The van der Waals surface area contributed by atoms with E-state index in [-0.39, 0.29) is 12.6 Å². The van der Waals surface area contributed by atoms with E-state index < -0.39 is 15.3 Å². The minimum absolute atomic E-state index is 0.0139. The fourth-order valence-corrected chi connectivity index (χ4v) is 4.17. The van der Waals surface area contributed by atoms with Gasteiger partial charge in [0.05, 0.1) is 6.07 Å². The summed E-state index contributed by atoms with van der Waals surface area (Å²) in [5, 5.41) is 16.9. The van der Waals surface area contributed by atoms with E-state index in [0.717, 1.165) is 19.3 Å². The van der Waals surface area contributed by atoms with Gasteiger partial charge in [-0.2, -0.15) is 9.57 Å². The summed E-state index contributed by atoms with van der Waals surface area (Å²) in [5.41, 5.74) is 0. The first-order valence-corrected chi connectivity index (χ1v) is 7.59. The van der Waals surface area contributed by atoms with Gasteiger partial charge in [-0.3, -0.25) is 0 Å². The molecule has 2 atom stereocenters. The lowest BCUT2D eigenvalue weighted by atomic mass is 10.0. The second-order valence-corrected chi connectivity index (χ2v) is 6.41. The molecule has 0 amide bonds. The Morgan fingerprint density at radius 3 is 2.76 bits per heavy atom. The fraction of sp³-hybridized carbons (Fsp3) is 0.909. The number of aliphatic hydroxyl groups is 1. The lowest BCUT2D eigenvalue weighted by Gasteiger charge is -2.35. The number of nitrogens with zero attached hydrogens (tertiary/aromatic N) is 2. The van der Waals surface area contributed by atoms with Gasteiger partial charge in [-0.15, -0.1) is 0 Å². The smallest absolute Gasteiger partial charge is 0.230 e. The van der Waals surface area contributed by atoms with Crippen molar-refractivity contribution in [2.75, 3.05) is 13.2 Å². The first-order chi connectivity index (χ1) is 8.07. The summed E-state index contributed by atoms with van der Waals surface area (Å²) in [5.74, 6) is 0. The summed E-state index contributed by atoms with van der Waals surface area (Å²) in [6, 6.07) is 1.72. The summed E-state index contributed by atoms with van der Waals surface area (Å²) >= 11 is 0. The maximum Gasteiger partial charge on any atom is 0.230 e. The molecule has 0 spiro atoms. The zero-order valence-corrected chi connectivity index (χ0v) is 11.0. The number of piperidine rings is 1. The molecule has 0 bridgehead atoms. The highest BCUT2D eigenvalue weighted by Gasteiger charge is 2.36. The first-order valence-electron chi connectivity index (χ1n) is 6.09. The second kappa shape index (κ2) is 6.34. The molecule has 0 aliphatic carbocycles. The predicted octanol–water partition coefficient (Wildman–Crippen LogP) is 0.855. The third kappa shape index (κ3) is 3.18. The van der Waals surface area contributed by atoms with Gasteiger partial charge in [0, 0.05) is 19.2 Å². The second-order valence-electron chi connectivity index (χ2n) is 4.34. The zero-order chi connectivity index (χ0) is 12.9. The maximum absolute atomic E-state index is 12.3. The van der Waals surface area contributed by atoms with Crippen LogP contribution in [0.2, 0.25) is 0 Å². The third-order valence-corrected chi connectivity index (χ3v) is 5.53. The molecule has 1 N–H and O–H groups in total. The van der Waals surface area contributed by atoms with Gasteiger partial charge < -0.3 is 5.11 Å². The molecule has 1 heterocycles. The van der Waals surface area contributed by atoms with E-state index >= 15 is 0 Å². The topological polar surface area (TPSA) is 81.4 Å². The summed E-state index contributed by atoms with van der Waals surface area (Å²) in [6.45, 7) is 2.17. The van der Waals surface area contributed by atoms with Crippen LogP contribution in [0.4, 0.5) is 0 Å². The first kappa shape index (κ1) is 14.4. The lowest BCUT2D eigenvalue weighted by Crippen LogP contribution is -2.47. The van der Waals surface area contributed by atoms with Gasteiger partial charge in [-0.05, 0) is 25.7 Å². The van der Waals surface area contributed by atoms with Gasteiger partial charge in [-0.1, -0.05) is 13.3 Å². The van der Waals surface area contributed by atoms with Gasteiger partial charge in [-0.25, -0.2) is 8.42 Å². The van der Waals surface area contributed by atoms with Crippen LogP contribution in [0.1, 0.15) is 39.0 Å². The average Bonchev–Trinajstić information content (AvgIpc) is 2.31. The number of hydrogen-bond donors (Lipinski definition) is 1. The molecule has 17 heavy (non-hydrogen) atoms.